The first-order chi connectivity index (χ1) is 12.6. The highest BCUT2D eigenvalue weighted by atomic mass is 16.6. The molecule has 1 amide bonds. The number of nitrogens with one attached hydrogen (secondary N) is 1. The Morgan fingerprint density at radius 2 is 2.35 bits per heavy atom. The van der Waals surface area contributed by atoms with E-state index in [1.54, 1.807) is 12.4 Å². The monoisotopic (exact) mass is 353 g/mol. The van der Waals surface area contributed by atoms with E-state index in [1.807, 2.05) is 16.7 Å². The number of amides is 1. The van der Waals surface area contributed by atoms with Crippen LogP contribution in [0.1, 0.15) is 37.9 Å². The second-order valence-corrected chi connectivity index (χ2v) is 6.63. The van der Waals surface area contributed by atoms with Gasteiger partial charge in [-0.05, 0) is 24.8 Å². The van der Waals surface area contributed by atoms with E-state index in [1.165, 1.54) is 7.05 Å². The maximum atomic E-state index is 11.9. The van der Waals surface area contributed by atoms with Crippen LogP contribution in [0.25, 0.3) is 16.8 Å². The Morgan fingerprint density at radius 3 is 3.12 bits per heavy atom. The number of hydrogen-bond donors (Lipinski definition) is 1. The van der Waals surface area contributed by atoms with Crippen molar-refractivity contribution in [2.24, 2.45) is 5.92 Å². The summed E-state index contributed by atoms with van der Waals surface area (Å²) in [5, 5.41) is 17.5. The highest BCUT2D eigenvalue weighted by Gasteiger charge is 2.39. The average Bonchev–Trinajstić information content (AvgIpc) is 3.36. The van der Waals surface area contributed by atoms with Gasteiger partial charge in [-0.2, -0.15) is 5.26 Å². The molecule has 0 aromatic carbocycles. The molecule has 1 aliphatic carbocycles. The molecule has 9 heteroatoms. The molecule has 9 nitrogen and oxygen atoms in total. The summed E-state index contributed by atoms with van der Waals surface area (Å²) in [5.41, 5.74) is 2.41. The van der Waals surface area contributed by atoms with Gasteiger partial charge in [0.15, 0.2) is 17.5 Å². The van der Waals surface area contributed by atoms with Gasteiger partial charge in [0.05, 0.1) is 11.7 Å². The summed E-state index contributed by atoms with van der Waals surface area (Å²) in [6.07, 6.45) is 6.83. The van der Waals surface area contributed by atoms with Crippen LogP contribution in [-0.4, -0.2) is 48.7 Å². The minimum Gasteiger partial charge on any atom is -0.445 e. The molecule has 1 saturated carbocycles. The number of carbonyl (C=O) groups is 1. The van der Waals surface area contributed by atoms with Crippen molar-refractivity contribution in [1.82, 2.24) is 29.5 Å². The van der Waals surface area contributed by atoms with Crippen molar-refractivity contribution in [1.29, 1.82) is 5.26 Å². The minimum atomic E-state index is -0.615. The molecule has 1 fully saturated rings. The lowest BCUT2D eigenvalue weighted by atomic mass is 9.93. The molecule has 0 radical (unpaired) electrons. The fourth-order valence-corrected chi connectivity index (χ4v) is 3.84. The lowest BCUT2D eigenvalue weighted by Gasteiger charge is -2.15. The smallest absolute Gasteiger partial charge is 0.423 e. The standard InChI is InChI=1S/C17H19N7O2/c1-3-10-6-11(26-17(25)23(2)9-18)7-12(10)16-22-21-14-8-20-15-13(24(14)16)4-5-19-15/h4-5,8,10-12,19H,3,6-7H2,1-2H3/t10-,11-,12+/m1/s1. The summed E-state index contributed by atoms with van der Waals surface area (Å²) in [4.78, 5) is 20.3. The van der Waals surface area contributed by atoms with Crippen molar-refractivity contribution in [3.8, 4) is 6.19 Å². The van der Waals surface area contributed by atoms with Crippen molar-refractivity contribution in [3.05, 3.63) is 24.3 Å². The van der Waals surface area contributed by atoms with Crippen LogP contribution in [0.3, 0.4) is 0 Å². The second-order valence-electron chi connectivity index (χ2n) is 6.63. The molecule has 134 valence electrons. The fourth-order valence-electron chi connectivity index (χ4n) is 3.84. The predicted molar refractivity (Wildman–Crippen MR) is 92.0 cm³/mol. The van der Waals surface area contributed by atoms with Crippen LogP contribution in [0.2, 0.25) is 0 Å². The van der Waals surface area contributed by atoms with E-state index in [-0.39, 0.29) is 12.0 Å². The zero-order chi connectivity index (χ0) is 18.3. The van der Waals surface area contributed by atoms with Gasteiger partial charge in [0.1, 0.15) is 11.9 Å². The van der Waals surface area contributed by atoms with Crippen molar-refractivity contribution < 1.29 is 9.53 Å². The maximum Gasteiger partial charge on any atom is 0.423 e. The van der Waals surface area contributed by atoms with Crippen LogP contribution in [-0.2, 0) is 4.74 Å². The number of hydrogen-bond acceptors (Lipinski definition) is 6. The van der Waals surface area contributed by atoms with E-state index in [2.05, 4.69) is 27.1 Å². The van der Waals surface area contributed by atoms with Crippen molar-refractivity contribution in [2.75, 3.05) is 7.05 Å². The zero-order valence-electron chi connectivity index (χ0n) is 14.6. The molecule has 26 heavy (non-hydrogen) atoms. The number of ether oxygens (including phenoxy) is 1. The number of fused-ring (bicyclic) bond motifs is 3. The third-order valence-corrected chi connectivity index (χ3v) is 5.17. The van der Waals surface area contributed by atoms with Crippen LogP contribution in [0.5, 0.6) is 0 Å². The Labute approximate surface area is 149 Å². The first-order valence-corrected chi connectivity index (χ1v) is 8.63. The van der Waals surface area contributed by atoms with E-state index in [4.69, 9.17) is 10.00 Å². The number of aromatic amines is 1. The van der Waals surface area contributed by atoms with E-state index >= 15 is 0 Å². The normalized spacial score (nSPS) is 22.6. The Bertz CT molecular complexity index is 1000. The largest absolute Gasteiger partial charge is 0.445 e. The summed E-state index contributed by atoms with van der Waals surface area (Å²) >= 11 is 0. The lowest BCUT2D eigenvalue weighted by molar-refractivity contribution is 0.0807. The van der Waals surface area contributed by atoms with Gasteiger partial charge in [-0.15, -0.1) is 10.2 Å². The van der Waals surface area contributed by atoms with E-state index in [0.29, 0.717) is 18.0 Å². The Kier molecular flexibility index (Phi) is 3.95. The van der Waals surface area contributed by atoms with Gasteiger partial charge in [-0.1, -0.05) is 13.3 Å². The molecule has 0 bridgehead atoms. The number of H-pyrrole nitrogens is 1. The summed E-state index contributed by atoms with van der Waals surface area (Å²) in [6.45, 7) is 2.12. The Hall–Kier alpha value is -3.15. The zero-order valence-corrected chi connectivity index (χ0v) is 14.6. The first-order valence-electron chi connectivity index (χ1n) is 8.63. The van der Waals surface area contributed by atoms with Gasteiger partial charge in [0, 0.05) is 19.2 Å². The summed E-state index contributed by atoms with van der Waals surface area (Å²) in [6, 6.07) is 1.96. The molecule has 3 atom stereocenters. The molecule has 1 N–H and O–H groups in total. The molecule has 3 aromatic rings. The van der Waals surface area contributed by atoms with E-state index < -0.39 is 6.09 Å². The van der Waals surface area contributed by atoms with Gasteiger partial charge in [-0.3, -0.25) is 4.40 Å². The molecule has 1 aliphatic rings. The van der Waals surface area contributed by atoms with Gasteiger partial charge in [-0.25, -0.2) is 14.7 Å². The average molecular weight is 353 g/mol. The highest BCUT2D eigenvalue weighted by molar-refractivity contribution is 5.74. The maximum absolute atomic E-state index is 11.9. The first kappa shape index (κ1) is 16.3. The van der Waals surface area contributed by atoms with Crippen molar-refractivity contribution >= 4 is 22.9 Å². The SMILES string of the molecule is CC[C@@H]1C[C@@H](OC(=O)N(C)C#N)C[C@@H]1c1nnc2cnc3[nH]ccc3n12. The van der Waals surface area contributed by atoms with Gasteiger partial charge >= 0.3 is 6.09 Å². The fraction of sp³-hybridized carbons (Fsp3) is 0.471. The summed E-state index contributed by atoms with van der Waals surface area (Å²) in [5.74, 6) is 1.32. The molecule has 0 aliphatic heterocycles. The molecule has 3 heterocycles. The van der Waals surface area contributed by atoms with Gasteiger partial charge < -0.3 is 9.72 Å². The number of aromatic nitrogens is 5. The van der Waals surface area contributed by atoms with Crippen LogP contribution in [0.4, 0.5) is 4.79 Å². The molecular weight excluding hydrogens is 334 g/mol. The molecule has 0 unspecified atom stereocenters. The third kappa shape index (κ3) is 2.54. The summed E-state index contributed by atoms with van der Waals surface area (Å²) in [7, 11) is 1.40. The third-order valence-electron chi connectivity index (χ3n) is 5.17. The van der Waals surface area contributed by atoms with Crippen molar-refractivity contribution in [2.45, 2.75) is 38.2 Å². The highest BCUT2D eigenvalue weighted by Crippen LogP contribution is 2.42. The minimum absolute atomic E-state index is 0.126. The van der Waals surface area contributed by atoms with Gasteiger partial charge in [0.25, 0.3) is 0 Å². The Balaban J connectivity index is 1.67. The lowest BCUT2D eigenvalue weighted by Crippen LogP contribution is -2.26. The number of nitrogens with zero attached hydrogens (tertiary/aromatic N) is 6. The van der Waals surface area contributed by atoms with Crippen LogP contribution in [0, 0.1) is 17.4 Å². The van der Waals surface area contributed by atoms with Crippen molar-refractivity contribution in [3.63, 3.8) is 0 Å². The van der Waals surface area contributed by atoms with Crippen LogP contribution >= 0.6 is 0 Å². The van der Waals surface area contributed by atoms with E-state index in [0.717, 1.165) is 34.7 Å². The molecule has 3 aromatic heterocycles. The quantitative estimate of drug-likeness (QED) is 0.571. The van der Waals surface area contributed by atoms with Crippen LogP contribution in [0.15, 0.2) is 18.5 Å². The predicted octanol–water partition coefficient (Wildman–Crippen LogP) is 2.43. The number of nitriles is 1. The second kappa shape index (κ2) is 6.29. The molecule has 4 rings (SSSR count). The number of rotatable bonds is 3. The molecular formula is C17H19N7O2. The Morgan fingerprint density at radius 1 is 1.50 bits per heavy atom. The molecule has 0 spiro atoms. The topological polar surface area (TPSA) is 112 Å². The van der Waals surface area contributed by atoms with E-state index in [9.17, 15) is 4.79 Å². The van der Waals surface area contributed by atoms with Gasteiger partial charge in [0.2, 0.25) is 0 Å². The number of carbonyl (C=O) groups excluding carboxylic acids is 1. The van der Waals surface area contributed by atoms with Crippen LogP contribution < -0.4 is 0 Å². The summed E-state index contributed by atoms with van der Waals surface area (Å²) < 4.78 is 7.52. The molecule has 0 saturated heterocycles.